The Morgan fingerprint density at radius 3 is 2.65 bits per heavy atom. The average Bonchev–Trinajstić information content (AvgIpc) is 3.31. The number of hydrogen-bond acceptors (Lipinski definition) is 8. The molecule has 2 N–H and O–H groups in total. The number of thiol groups is 1. The van der Waals surface area contributed by atoms with Crippen LogP contribution in [0.1, 0.15) is 25.0 Å². The second-order valence-corrected chi connectivity index (χ2v) is 8.20. The number of anilines is 1. The molecule has 1 aliphatic rings. The van der Waals surface area contributed by atoms with E-state index in [0.29, 0.717) is 29.0 Å². The summed E-state index contributed by atoms with van der Waals surface area (Å²) in [7, 11) is 0. The molecule has 0 saturated carbocycles. The fourth-order valence-corrected chi connectivity index (χ4v) is 3.92. The fourth-order valence-electron chi connectivity index (χ4n) is 3.83. The lowest BCUT2D eigenvalue weighted by Gasteiger charge is -2.26. The Morgan fingerprint density at radius 1 is 1.09 bits per heavy atom. The first-order valence-corrected chi connectivity index (χ1v) is 11.4. The zero-order valence-corrected chi connectivity index (χ0v) is 19.4. The number of benzene rings is 3. The maximum atomic E-state index is 12.9. The summed E-state index contributed by atoms with van der Waals surface area (Å²) in [5.41, 5.74) is 1.24. The molecule has 3 aromatic carbocycles. The highest BCUT2D eigenvalue weighted by Gasteiger charge is 2.27. The number of ether oxygens (including phenoxy) is 4. The van der Waals surface area contributed by atoms with Crippen LogP contribution in [-0.4, -0.2) is 36.3 Å². The number of carbonyl (C=O) groups excluding carboxylic acids is 2. The van der Waals surface area contributed by atoms with Crippen molar-refractivity contribution in [1.29, 1.82) is 0 Å². The van der Waals surface area contributed by atoms with Crippen molar-refractivity contribution in [3.8, 4) is 17.2 Å². The van der Waals surface area contributed by atoms with Crippen molar-refractivity contribution in [2.45, 2.75) is 19.4 Å². The van der Waals surface area contributed by atoms with Crippen molar-refractivity contribution in [3.63, 3.8) is 0 Å². The quantitative estimate of drug-likeness (QED) is 0.304. The molecule has 0 spiro atoms. The van der Waals surface area contributed by atoms with Crippen molar-refractivity contribution >= 4 is 41.2 Å². The van der Waals surface area contributed by atoms with Gasteiger partial charge in [0.05, 0.1) is 12.4 Å². The molecule has 0 aliphatic carbocycles. The maximum Gasteiger partial charge on any atom is 0.412 e. The molecule has 0 radical (unpaired) electrons. The number of esters is 1. The summed E-state index contributed by atoms with van der Waals surface area (Å²) in [6, 6.07) is 15.7. The van der Waals surface area contributed by atoms with Crippen LogP contribution in [0.15, 0.2) is 54.6 Å². The summed E-state index contributed by atoms with van der Waals surface area (Å²) in [6.07, 6.45) is -0.870. The molecule has 34 heavy (non-hydrogen) atoms. The van der Waals surface area contributed by atoms with E-state index in [0.717, 1.165) is 10.9 Å². The van der Waals surface area contributed by atoms with E-state index in [-0.39, 0.29) is 30.8 Å². The third-order valence-corrected chi connectivity index (χ3v) is 5.83. The summed E-state index contributed by atoms with van der Waals surface area (Å²) in [5, 5.41) is 14.4. The molecule has 2 atom stereocenters. The third kappa shape index (κ3) is 5.31. The highest BCUT2D eigenvalue weighted by molar-refractivity contribution is 7.81. The Kier molecular flexibility index (Phi) is 7.32. The molecule has 0 bridgehead atoms. The number of aromatic hydroxyl groups is 1. The van der Waals surface area contributed by atoms with Gasteiger partial charge in [0.2, 0.25) is 6.79 Å². The zero-order valence-electron chi connectivity index (χ0n) is 18.5. The molecular weight excluding hydrogens is 458 g/mol. The molecule has 8 nitrogen and oxygen atoms in total. The first-order chi connectivity index (χ1) is 16.5. The van der Waals surface area contributed by atoms with Gasteiger partial charge < -0.3 is 24.1 Å². The molecule has 0 saturated heterocycles. The van der Waals surface area contributed by atoms with E-state index >= 15 is 0 Å². The maximum absolute atomic E-state index is 12.9. The van der Waals surface area contributed by atoms with Gasteiger partial charge in [0.25, 0.3) is 0 Å². The van der Waals surface area contributed by atoms with E-state index < -0.39 is 18.2 Å². The van der Waals surface area contributed by atoms with Gasteiger partial charge in [-0.1, -0.05) is 37.3 Å². The van der Waals surface area contributed by atoms with Crippen molar-refractivity contribution in [2.75, 3.05) is 24.5 Å². The molecule has 3 aromatic rings. The van der Waals surface area contributed by atoms with Crippen molar-refractivity contribution < 1.29 is 33.6 Å². The second-order valence-electron chi connectivity index (χ2n) is 7.88. The van der Waals surface area contributed by atoms with Crippen molar-refractivity contribution in [1.82, 2.24) is 0 Å². The predicted molar refractivity (Wildman–Crippen MR) is 130 cm³/mol. The van der Waals surface area contributed by atoms with Crippen LogP contribution in [0.25, 0.3) is 10.8 Å². The Morgan fingerprint density at radius 2 is 1.85 bits per heavy atom. The van der Waals surface area contributed by atoms with Gasteiger partial charge in [-0.15, -0.1) is 0 Å². The van der Waals surface area contributed by atoms with Crippen LogP contribution in [0.2, 0.25) is 0 Å². The predicted octanol–water partition coefficient (Wildman–Crippen LogP) is 5.06. The number of carbonyl (C=O) groups is 2. The Balaban J connectivity index is 1.57. The minimum atomic E-state index is -0.672. The molecule has 1 aliphatic heterocycles. The first kappa shape index (κ1) is 23.6. The monoisotopic (exact) mass is 483 g/mol. The van der Waals surface area contributed by atoms with E-state index in [2.05, 4.69) is 17.9 Å². The lowest BCUT2D eigenvalue weighted by atomic mass is 9.90. The normalized spacial score (nSPS) is 13.8. The van der Waals surface area contributed by atoms with Gasteiger partial charge in [0.1, 0.15) is 11.9 Å². The van der Waals surface area contributed by atoms with Gasteiger partial charge in [-0.05, 0) is 30.0 Å². The van der Waals surface area contributed by atoms with Crippen LogP contribution in [0.5, 0.6) is 17.2 Å². The van der Waals surface area contributed by atoms with Gasteiger partial charge in [-0.2, -0.15) is 12.6 Å². The van der Waals surface area contributed by atoms with Gasteiger partial charge in [0.15, 0.2) is 11.5 Å². The number of fused-ring (bicyclic) bond motifs is 2. The number of phenolic OH excluding ortho intramolecular Hbond substituents is 1. The molecular formula is C25H25NO7S. The number of hydrogen-bond donors (Lipinski definition) is 3. The minimum absolute atomic E-state index is 0.00511. The number of amides is 1. The summed E-state index contributed by atoms with van der Waals surface area (Å²) in [6.45, 7) is 2.21. The van der Waals surface area contributed by atoms with E-state index in [9.17, 15) is 14.7 Å². The highest BCUT2D eigenvalue weighted by atomic mass is 32.1. The molecule has 4 rings (SSSR count). The van der Waals surface area contributed by atoms with Crippen molar-refractivity contribution in [2.24, 2.45) is 5.92 Å². The smallest absolute Gasteiger partial charge is 0.412 e. The molecule has 0 unspecified atom stereocenters. The SMILES string of the molecule is C[C@@H](CCOC(=O)CS)[C@H](OC(=O)Nc1ccc2c(c1)OCO2)c1ccc(O)c2ccccc12. The van der Waals surface area contributed by atoms with E-state index in [1.807, 2.05) is 25.1 Å². The summed E-state index contributed by atoms with van der Waals surface area (Å²) in [4.78, 5) is 24.3. The lowest BCUT2D eigenvalue weighted by Crippen LogP contribution is -2.23. The van der Waals surface area contributed by atoms with Crippen molar-refractivity contribution in [3.05, 3.63) is 60.2 Å². The van der Waals surface area contributed by atoms with E-state index in [1.54, 1.807) is 36.4 Å². The zero-order chi connectivity index (χ0) is 24.1. The van der Waals surface area contributed by atoms with Crippen LogP contribution in [0.3, 0.4) is 0 Å². The third-order valence-electron chi connectivity index (χ3n) is 5.58. The molecule has 1 heterocycles. The van der Waals surface area contributed by atoms with E-state index in [1.165, 1.54) is 0 Å². The molecule has 9 heteroatoms. The Labute approximate surface area is 202 Å². The summed E-state index contributed by atoms with van der Waals surface area (Å²) in [5.74, 6) is 0.662. The van der Waals surface area contributed by atoms with Gasteiger partial charge in [-0.3, -0.25) is 10.1 Å². The van der Waals surface area contributed by atoms with Gasteiger partial charge >= 0.3 is 12.1 Å². The standard InChI is InChI=1S/C25H25NO7S/c1-15(10-11-30-23(28)13-34)24(19-7-8-20(27)18-5-3-2-4-17(18)19)33-25(29)26-16-6-9-21-22(12-16)32-14-31-21/h2-9,12,15,24,27,34H,10-11,13-14H2,1H3,(H,26,29)/t15-,24-/m0/s1. The summed E-state index contributed by atoms with van der Waals surface area (Å²) >= 11 is 3.91. The minimum Gasteiger partial charge on any atom is -0.507 e. The lowest BCUT2D eigenvalue weighted by molar-refractivity contribution is -0.141. The number of phenols is 1. The number of rotatable bonds is 8. The van der Waals surface area contributed by atoms with Crippen LogP contribution in [0, 0.1) is 5.92 Å². The van der Waals surface area contributed by atoms with Crippen LogP contribution >= 0.6 is 12.6 Å². The van der Waals surface area contributed by atoms with Crippen LogP contribution in [-0.2, 0) is 14.3 Å². The van der Waals surface area contributed by atoms with Gasteiger partial charge in [-0.25, -0.2) is 4.79 Å². The molecule has 0 aromatic heterocycles. The Hall–Kier alpha value is -3.59. The molecule has 178 valence electrons. The molecule has 1 amide bonds. The van der Waals surface area contributed by atoms with E-state index in [4.69, 9.17) is 18.9 Å². The topological polar surface area (TPSA) is 103 Å². The van der Waals surface area contributed by atoms with Crippen LogP contribution < -0.4 is 14.8 Å². The largest absolute Gasteiger partial charge is 0.507 e. The average molecular weight is 484 g/mol. The number of nitrogens with one attached hydrogen (secondary N) is 1. The van der Waals surface area contributed by atoms with Crippen LogP contribution in [0.4, 0.5) is 10.5 Å². The van der Waals surface area contributed by atoms with Gasteiger partial charge in [0, 0.05) is 28.6 Å². The summed E-state index contributed by atoms with van der Waals surface area (Å²) < 4.78 is 21.7. The fraction of sp³-hybridized carbons (Fsp3) is 0.280. The second kappa shape index (κ2) is 10.6. The Bertz CT molecular complexity index is 1200. The highest BCUT2D eigenvalue weighted by Crippen LogP contribution is 2.38. The first-order valence-electron chi connectivity index (χ1n) is 10.8. The molecule has 0 fully saturated rings.